The molecule has 13 heteroatoms. The highest BCUT2D eigenvalue weighted by molar-refractivity contribution is 5.96. The second-order valence-electron chi connectivity index (χ2n) is 10.6. The summed E-state index contributed by atoms with van der Waals surface area (Å²) in [6.45, 7) is 7.40. The number of hydrogen-bond donors (Lipinski definition) is 4. The van der Waals surface area contributed by atoms with Crippen LogP contribution in [0.15, 0.2) is 0 Å². The molecule has 0 aromatic heterocycles. The van der Waals surface area contributed by atoms with Gasteiger partial charge in [0.2, 0.25) is 23.6 Å². The van der Waals surface area contributed by atoms with E-state index in [9.17, 15) is 37.1 Å². The molecule has 2 saturated heterocycles. The van der Waals surface area contributed by atoms with Crippen LogP contribution in [0.3, 0.4) is 0 Å². The lowest BCUT2D eigenvalue weighted by molar-refractivity contribution is -0.175. The second kappa shape index (κ2) is 9.30. The van der Waals surface area contributed by atoms with Gasteiger partial charge in [-0.25, -0.2) is 0 Å². The first-order valence-corrected chi connectivity index (χ1v) is 11.6. The van der Waals surface area contributed by atoms with Gasteiger partial charge in [-0.15, -0.1) is 0 Å². The van der Waals surface area contributed by atoms with Gasteiger partial charge >= 0.3 is 12.1 Å². The third-order valence-electron chi connectivity index (χ3n) is 7.58. The number of likely N-dealkylation sites (tertiary alicyclic amines) is 1. The van der Waals surface area contributed by atoms with Gasteiger partial charge in [0.1, 0.15) is 18.1 Å². The van der Waals surface area contributed by atoms with E-state index in [0.29, 0.717) is 13.0 Å². The first kappa shape index (κ1) is 26.7. The Morgan fingerprint density at radius 3 is 2.31 bits per heavy atom. The largest absolute Gasteiger partial charge is 0.471 e. The second-order valence-corrected chi connectivity index (χ2v) is 10.6. The molecule has 0 unspecified atom stereocenters. The Balaban J connectivity index is 1.80. The highest BCUT2D eigenvalue weighted by atomic mass is 19.4. The summed E-state index contributed by atoms with van der Waals surface area (Å²) >= 11 is 0. The monoisotopic (exact) mass is 503 g/mol. The SMILES string of the molecule is CC(C)[C@H](NC(=O)C(F)(F)F)C(=O)N1C[C@H]2[C@@H]([C@H]1C(=O)N[C@@H](C[C@@H]1CCNC1=O)C(N)=O)C2(C)C. The normalized spacial score (nSPS) is 28.7. The van der Waals surface area contributed by atoms with Gasteiger partial charge in [0.25, 0.3) is 0 Å². The number of carbonyl (C=O) groups excluding carboxylic acids is 5. The molecule has 6 atom stereocenters. The number of amides is 5. The van der Waals surface area contributed by atoms with Crippen molar-refractivity contribution in [3.8, 4) is 0 Å². The summed E-state index contributed by atoms with van der Waals surface area (Å²) in [6.07, 6.45) is -4.68. The van der Waals surface area contributed by atoms with Crippen molar-refractivity contribution < 1.29 is 37.1 Å². The molecule has 0 spiro atoms. The smallest absolute Gasteiger partial charge is 0.368 e. The molecule has 1 saturated carbocycles. The van der Waals surface area contributed by atoms with Gasteiger partial charge < -0.3 is 26.6 Å². The Bertz CT molecular complexity index is 922. The highest BCUT2D eigenvalue weighted by Crippen LogP contribution is 2.65. The molecule has 2 heterocycles. The first-order valence-electron chi connectivity index (χ1n) is 11.6. The van der Waals surface area contributed by atoms with Crippen LogP contribution in [0.25, 0.3) is 0 Å². The number of alkyl halides is 3. The van der Waals surface area contributed by atoms with Gasteiger partial charge in [-0.05, 0) is 36.0 Å². The zero-order valence-corrected chi connectivity index (χ0v) is 20.1. The summed E-state index contributed by atoms with van der Waals surface area (Å²) < 4.78 is 38.5. The van der Waals surface area contributed by atoms with Crippen LogP contribution in [0.5, 0.6) is 0 Å². The number of nitrogens with two attached hydrogens (primary N) is 1. The molecule has 3 fully saturated rings. The Morgan fingerprint density at radius 1 is 1.20 bits per heavy atom. The van der Waals surface area contributed by atoms with Crippen LogP contribution in [0.1, 0.15) is 40.5 Å². The first-order chi connectivity index (χ1) is 16.1. The number of nitrogens with one attached hydrogen (secondary N) is 3. The molecule has 10 nitrogen and oxygen atoms in total. The molecule has 5 N–H and O–H groups in total. The fourth-order valence-corrected chi connectivity index (χ4v) is 5.39. The third-order valence-corrected chi connectivity index (χ3v) is 7.58. The molecule has 196 valence electrons. The van der Waals surface area contributed by atoms with E-state index in [0.717, 1.165) is 0 Å². The Labute approximate surface area is 200 Å². The molecule has 5 amide bonds. The number of hydrogen-bond acceptors (Lipinski definition) is 5. The van der Waals surface area contributed by atoms with Gasteiger partial charge in [0, 0.05) is 19.0 Å². The van der Waals surface area contributed by atoms with Crippen LogP contribution in [-0.4, -0.2) is 71.8 Å². The van der Waals surface area contributed by atoms with Crippen molar-refractivity contribution in [1.82, 2.24) is 20.9 Å². The highest BCUT2D eigenvalue weighted by Gasteiger charge is 2.69. The number of primary amides is 1. The molecular formula is C22H32F3N5O5. The van der Waals surface area contributed by atoms with Crippen LogP contribution < -0.4 is 21.7 Å². The zero-order chi connectivity index (χ0) is 26.5. The Morgan fingerprint density at radius 2 is 1.83 bits per heavy atom. The number of halogens is 3. The zero-order valence-electron chi connectivity index (χ0n) is 20.1. The van der Waals surface area contributed by atoms with E-state index >= 15 is 0 Å². The van der Waals surface area contributed by atoms with Crippen molar-refractivity contribution >= 4 is 29.5 Å². The van der Waals surface area contributed by atoms with Crippen molar-refractivity contribution in [3.05, 3.63) is 0 Å². The topological polar surface area (TPSA) is 151 Å². The van der Waals surface area contributed by atoms with E-state index in [-0.39, 0.29) is 36.1 Å². The number of fused-ring (bicyclic) bond motifs is 1. The number of carbonyl (C=O) groups is 5. The minimum atomic E-state index is -5.17. The van der Waals surface area contributed by atoms with E-state index in [1.165, 1.54) is 18.7 Å². The van der Waals surface area contributed by atoms with Crippen molar-refractivity contribution in [2.24, 2.45) is 34.8 Å². The van der Waals surface area contributed by atoms with Gasteiger partial charge in [0.15, 0.2) is 0 Å². The lowest BCUT2D eigenvalue weighted by atomic mass is 9.95. The summed E-state index contributed by atoms with van der Waals surface area (Å²) in [6, 6.07) is -3.69. The van der Waals surface area contributed by atoms with Crippen molar-refractivity contribution in [2.45, 2.75) is 64.8 Å². The summed E-state index contributed by atoms with van der Waals surface area (Å²) in [5.41, 5.74) is 5.17. The minimum absolute atomic E-state index is 0.00131. The molecular weight excluding hydrogens is 471 g/mol. The van der Waals surface area contributed by atoms with Gasteiger partial charge in [-0.2, -0.15) is 13.2 Å². The Kier molecular flexibility index (Phi) is 7.11. The lowest BCUT2D eigenvalue weighted by Gasteiger charge is -2.35. The van der Waals surface area contributed by atoms with E-state index in [2.05, 4.69) is 10.6 Å². The number of nitrogens with zero attached hydrogens (tertiary/aromatic N) is 1. The summed E-state index contributed by atoms with van der Waals surface area (Å²) in [5.74, 6) is -6.30. The maximum Gasteiger partial charge on any atom is 0.471 e. The molecule has 3 aliphatic rings. The fourth-order valence-electron chi connectivity index (χ4n) is 5.39. The van der Waals surface area contributed by atoms with Crippen LogP contribution in [0.4, 0.5) is 13.2 Å². The maximum absolute atomic E-state index is 13.3. The fraction of sp³-hybridized carbons (Fsp3) is 0.773. The molecule has 0 radical (unpaired) electrons. The predicted molar refractivity (Wildman–Crippen MR) is 116 cm³/mol. The van der Waals surface area contributed by atoms with Crippen LogP contribution >= 0.6 is 0 Å². The maximum atomic E-state index is 13.3. The van der Waals surface area contributed by atoms with Crippen molar-refractivity contribution in [1.29, 1.82) is 0 Å². The average molecular weight is 504 g/mol. The number of rotatable bonds is 8. The standard InChI is InChI=1S/C22H32F3N5O5/c1-9(2)14(29-20(35)22(23,24)25)19(34)30-8-11-13(21(11,3)4)15(30)18(33)28-12(16(26)31)7-10-5-6-27-17(10)32/h9-15H,5-8H2,1-4H3,(H2,26,31)(H,27,32)(H,28,33)(H,29,35)/t10-,11-,12-,13-,14-,15-/m0/s1. The van der Waals surface area contributed by atoms with Crippen molar-refractivity contribution in [3.63, 3.8) is 0 Å². The molecule has 2 aliphatic heterocycles. The van der Waals surface area contributed by atoms with Crippen LogP contribution in [0.2, 0.25) is 0 Å². The van der Waals surface area contributed by atoms with Gasteiger partial charge in [-0.1, -0.05) is 27.7 Å². The van der Waals surface area contributed by atoms with Crippen LogP contribution in [0, 0.1) is 29.1 Å². The van der Waals surface area contributed by atoms with E-state index < -0.39 is 59.8 Å². The quantitative estimate of drug-likeness (QED) is 0.358. The molecule has 0 aromatic carbocycles. The third kappa shape index (κ3) is 5.22. The van der Waals surface area contributed by atoms with E-state index in [1.54, 1.807) is 5.32 Å². The molecule has 1 aliphatic carbocycles. The van der Waals surface area contributed by atoms with E-state index in [4.69, 9.17) is 5.73 Å². The summed E-state index contributed by atoms with van der Waals surface area (Å²) in [7, 11) is 0. The minimum Gasteiger partial charge on any atom is -0.368 e. The summed E-state index contributed by atoms with van der Waals surface area (Å²) in [4.78, 5) is 63.3. The summed E-state index contributed by atoms with van der Waals surface area (Å²) in [5, 5.41) is 6.96. The lowest BCUT2D eigenvalue weighted by Crippen LogP contribution is -2.60. The van der Waals surface area contributed by atoms with Gasteiger partial charge in [0.05, 0.1) is 0 Å². The number of piperidine rings is 1. The van der Waals surface area contributed by atoms with Crippen LogP contribution in [-0.2, 0) is 24.0 Å². The average Bonchev–Trinajstić information content (AvgIpc) is 3.10. The predicted octanol–water partition coefficient (Wildman–Crippen LogP) is -0.331. The Hall–Kier alpha value is -2.86. The van der Waals surface area contributed by atoms with E-state index in [1.807, 2.05) is 13.8 Å². The van der Waals surface area contributed by atoms with Crippen molar-refractivity contribution in [2.75, 3.05) is 13.1 Å². The molecule has 0 aromatic rings. The van der Waals surface area contributed by atoms with Gasteiger partial charge in [-0.3, -0.25) is 24.0 Å². The molecule has 3 rings (SSSR count). The molecule has 35 heavy (non-hydrogen) atoms. The molecule has 0 bridgehead atoms.